The lowest BCUT2D eigenvalue weighted by atomic mass is 10.2. The lowest BCUT2D eigenvalue weighted by molar-refractivity contribution is -0.148. The summed E-state index contributed by atoms with van der Waals surface area (Å²) in [5, 5.41) is 25.5. The molecule has 0 aromatic carbocycles. The fraction of sp³-hybridized carbons (Fsp3) is 0.800. The summed E-state index contributed by atoms with van der Waals surface area (Å²) in [7, 11) is 0. The van der Waals surface area contributed by atoms with Gasteiger partial charge in [-0.25, -0.2) is 4.79 Å². The summed E-state index contributed by atoms with van der Waals surface area (Å²) in [5.74, 6) is -1.41. The van der Waals surface area contributed by atoms with Crippen molar-refractivity contribution in [1.82, 2.24) is 0 Å². The summed E-state index contributed by atoms with van der Waals surface area (Å²) in [6, 6.07) is 0. The summed E-state index contributed by atoms with van der Waals surface area (Å²) in [5.41, 5.74) is 0. The maximum absolute atomic E-state index is 9.95. The van der Waals surface area contributed by atoms with E-state index < -0.39 is 18.2 Å². The van der Waals surface area contributed by atoms with E-state index in [4.69, 9.17) is 26.9 Å². The highest BCUT2D eigenvalue weighted by atomic mass is 35.5. The topological polar surface area (TPSA) is 77.8 Å². The van der Waals surface area contributed by atoms with Crippen molar-refractivity contribution < 1.29 is 20.1 Å². The van der Waals surface area contributed by atoms with Crippen molar-refractivity contribution in [3.8, 4) is 0 Å². The molecule has 0 spiro atoms. The van der Waals surface area contributed by atoms with Gasteiger partial charge in [0.15, 0.2) is 6.10 Å². The summed E-state index contributed by atoms with van der Waals surface area (Å²) in [6.07, 6.45) is -2.69. The van der Waals surface area contributed by atoms with Crippen LogP contribution in [0.4, 0.5) is 0 Å². The number of alkyl halides is 1. The van der Waals surface area contributed by atoms with Crippen LogP contribution in [-0.4, -0.2) is 39.4 Å². The number of carboxylic acid groups (broad SMARTS) is 1. The van der Waals surface area contributed by atoms with Gasteiger partial charge in [0, 0.05) is 12.3 Å². The molecule has 60 valence electrons. The first kappa shape index (κ1) is 9.68. The molecular formula is C5H9ClO4. The predicted octanol–water partition coefficient (Wildman–Crippen LogP) is -0.578. The summed E-state index contributed by atoms with van der Waals surface area (Å²) >= 11 is 5.15. The van der Waals surface area contributed by atoms with Crippen molar-refractivity contribution in [2.24, 2.45) is 0 Å². The van der Waals surface area contributed by atoms with Crippen LogP contribution >= 0.6 is 11.6 Å². The Hall–Kier alpha value is -0.320. The van der Waals surface area contributed by atoms with E-state index in [2.05, 4.69) is 0 Å². The molecular weight excluding hydrogens is 160 g/mol. The zero-order valence-electron chi connectivity index (χ0n) is 5.20. The monoisotopic (exact) mass is 168 g/mol. The van der Waals surface area contributed by atoms with E-state index in [1.54, 1.807) is 0 Å². The Bertz CT molecular complexity index is 116. The third kappa shape index (κ3) is 3.66. The van der Waals surface area contributed by atoms with Crippen LogP contribution in [-0.2, 0) is 4.79 Å². The molecule has 0 saturated carbocycles. The van der Waals surface area contributed by atoms with Crippen molar-refractivity contribution in [2.45, 2.75) is 18.6 Å². The number of carbonyl (C=O) groups is 1. The molecule has 0 aliphatic carbocycles. The lowest BCUT2D eigenvalue weighted by Crippen LogP contribution is -2.26. The van der Waals surface area contributed by atoms with Crippen LogP contribution < -0.4 is 0 Å². The summed E-state index contributed by atoms with van der Waals surface area (Å²) < 4.78 is 0. The van der Waals surface area contributed by atoms with E-state index in [-0.39, 0.29) is 12.3 Å². The second-order valence-electron chi connectivity index (χ2n) is 1.90. The summed E-state index contributed by atoms with van der Waals surface area (Å²) in [4.78, 5) is 9.95. The van der Waals surface area contributed by atoms with Crippen LogP contribution in [0.5, 0.6) is 0 Å². The highest BCUT2D eigenvalue weighted by Gasteiger charge is 2.16. The van der Waals surface area contributed by atoms with Crippen LogP contribution in [0.2, 0.25) is 0 Å². The Balaban J connectivity index is 3.56. The number of hydrogen-bond donors (Lipinski definition) is 3. The minimum absolute atomic E-state index is 0.0651. The Morgan fingerprint density at radius 2 is 2.00 bits per heavy atom. The van der Waals surface area contributed by atoms with E-state index in [0.29, 0.717) is 0 Å². The fourth-order valence-corrected chi connectivity index (χ4v) is 0.548. The van der Waals surface area contributed by atoms with Crippen LogP contribution in [0.1, 0.15) is 6.42 Å². The van der Waals surface area contributed by atoms with Gasteiger partial charge in [-0.05, 0) is 0 Å². The van der Waals surface area contributed by atoms with Crippen molar-refractivity contribution >= 4 is 17.6 Å². The van der Waals surface area contributed by atoms with Gasteiger partial charge in [-0.3, -0.25) is 0 Å². The fourth-order valence-electron chi connectivity index (χ4n) is 0.422. The van der Waals surface area contributed by atoms with E-state index in [1.165, 1.54) is 0 Å². The lowest BCUT2D eigenvalue weighted by Gasteiger charge is -2.08. The second kappa shape index (κ2) is 4.49. The molecule has 0 aromatic rings. The van der Waals surface area contributed by atoms with Crippen molar-refractivity contribution in [1.29, 1.82) is 0 Å². The Labute approximate surface area is 63.0 Å². The molecule has 3 N–H and O–H groups in total. The number of hydrogen-bond acceptors (Lipinski definition) is 3. The normalized spacial score (nSPS) is 16.3. The van der Waals surface area contributed by atoms with Gasteiger partial charge in [0.25, 0.3) is 0 Å². The number of carboxylic acids is 1. The van der Waals surface area contributed by atoms with Gasteiger partial charge < -0.3 is 15.3 Å². The van der Waals surface area contributed by atoms with Gasteiger partial charge in [-0.1, -0.05) is 0 Å². The minimum Gasteiger partial charge on any atom is -0.479 e. The van der Waals surface area contributed by atoms with E-state index in [0.717, 1.165) is 0 Å². The molecule has 0 aliphatic rings. The number of aliphatic hydroxyl groups is 2. The number of aliphatic carboxylic acids is 1. The Morgan fingerprint density at radius 3 is 2.30 bits per heavy atom. The second-order valence-corrected chi connectivity index (χ2v) is 2.21. The van der Waals surface area contributed by atoms with E-state index in [1.807, 2.05) is 0 Å². The standard InChI is InChI=1S/C5H9ClO4/c6-2-3(7)1-4(8)5(9)10/h3-4,7-8H,1-2H2,(H,9,10)/t3-,4+/m0/s1. The first-order valence-electron chi connectivity index (χ1n) is 2.72. The molecule has 4 nitrogen and oxygen atoms in total. The SMILES string of the molecule is O=C(O)[C@H](O)C[C@H](O)CCl. The smallest absolute Gasteiger partial charge is 0.332 e. The maximum Gasteiger partial charge on any atom is 0.332 e. The molecule has 5 heteroatoms. The Kier molecular flexibility index (Phi) is 4.34. The van der Waals surface area contributed by atoms with E-state index >= 15 is 0 Å². The van der Waals surface area contributed by atoms with Gasteiger partial charge in [0.05, 0.1) is 6.10 Å². The average Bonchev–Trinajstić information content (AvgIpc) is 1.87. The number of aliphatic hydroxyl groups excluding tert-OH is 2. The predicted molar refractivity (Wildman–Crippen MR) is 35.0 cm³/mol. The van der Waals surface area contributed by atoms with Crippen LogP contribution in [0.15, 0.2) is 0 Å². The first-order valence-corrected chi connectivity index (χ1v) is 3.26. The molecule has 10 heavy (non-hydrogen) atoms. The molecule has 0 radical (unpaired) electrons. The van der Waals surface area contributed by atoms with Crippen LogP contribution in [0, 0.1) is 0 Å². The van der Waals surface area contributed by atoms with Crippen molar-refractivity contribution in [2.75, 3.05) is 5.88 Å². The minimum atomic E-state index is -1.52. The molecule has 0 bridgehead atoms. The number of rotatable bonds is 4. The molecule has 0 fully saturated rings. The van der Waals surface area contributed by atoms with Gasteiger partial charge in [0.1, 0.15) is 0 Å². The maximum atomic E-state index is 9.95. The largest absolute Gasteiger partial charge is 0.479 e. The Morgan fingerprint density at radius 1 is 1.50 bits per heavy atom. The molecule has 2 atom stereocenters. The molecule has 0 heterocycles. The molecule has 0 rings (SSSR count). The molecule has 0 unspecified atom stereocenters. The zero-order valence-corrected chi connectivity index (χ0v) is 5.95. The molecule has 0 aliphatic heterocycles. The van der Waals surface area contributed by atoms with Crippen LogP contribution in [0.25, 0.3) is 0 Å². The summed E-state index contributed by atoms with van der Waals surface area (Å²) in [6.45, 7) is 0. The van der Waals surface area contributed by atoms with Gasteiger partial charge >= 0.3 is 5.97 Å². The van der Waals surface area contributed by atoms with Gasteiger partial charge in [-0.15, -0.1) is 11.6 Å². The molecule has 0 aromatic heterocycles. The molecule has 0 saturated heterocycles. The quantitative estimate of drug-likeness (QED) is 0.491. The van der Waals surface area contributed by atoms with Crippen molar-refractivity contribution in [3.63, 3.8) is 0 Å². The highest BCUT2D eigenvalue weighted by molar-refractivity contribution is 6.18. The third-order valence-corrected chi connectivity index (χ3v) is 1.31. The zero-order chi connectivity index (χ0) is 8.15. The highest BCUT2D eigenvalue weighted by Crippen LogP contribution is 1.99. The van der Waals surface area contributed by atoms with E-state index in [9.17, 15) is 4.79 Å². The number of halogens is 1. The van der Waals surface area contributed by atoms with Crippen LogP contribution in [0.3, 0.4) is 0 Å². The van der Waals surface area contributed by atoms with Gasteiger partial charge in [-0.2, -0.15) is 0 Å². The third-order valence-electron chi connectivity index (χ3n) is 0.959. The van der Waals surface area contributed by atoms with Crippen molar-refractivity contribution in [3.05, 3.63) is 0 Å². The first-order chi connectivity index (χ1) is 4.57. The average molecular weight is 169 g/mol. The molecule has 0 amide bonds. The van der Waals surface area contributed by atoms with Gasteiger partial charge in [0.2, 0.25) is 0 Å².